The van der Waals surface area contributed by atoms with Crippen molar-refractivity contribution in [1.29, 1.82) is 0 Å². The molecule has 2 N–H and O–H groups in total. The molecular formula is C7H6ClNO3. The Kier molecular flexibility index (Phi) is 2.50. The average Bonchev–Trinajstić information content (AvgIpc) is 1.98. The fourth-order valence-corrected chi connectivity index (χ4v) is 0.949. The van der Waals surface area contributed by atoms with E-state index < -0.39 is 5.97 Å². The highest BCUT2D eigenvalue weighted by atomic mass is 35.5. The van der Waals surface area contributed by atoms with Gasteiger partial charge in [-0.15, -0.1) is 0 Å². The highest BCUT2D eigenvalue weighted by molar-refractivity contribution is 6.30. The lowest BCUT2D eigenvalue weighted by atomic mass is 10.2. The molecule has 0 aliphatic heterocycles. The normalized spacial score (nSPS) is 9.75. The van der Waals surface area contributed by atoms with E-state index in [1.54, 1.807) is 0 Å². The summed E-state index contributed by atoms with van der Waals surface area (Å²) >= 11 is 5.44. The highest BCUT2D eigenvalue weighted by Gasteiger charge is 2.08. The summed E-state index contributed by atoms with van der Waals surface area (Å²) in [5.74, 6) is -1.28. The quantitative estimate of drug-likeness (QED) is 0.680. The van der Waals surface area contributed by atoms with Crippen LogP contribution in [0.5, 0.6) is 5.75 Å². The Balaban J connectivity index is 3.00. The highest BCUT2D eigenvalue weighted by Crippen LogP contribution is 2.24. The molecule has 1 aromatic rings. The Morgan fingerprint density at radius 3 is 2.92 bits per heavy atom. The van der Waals surface area contributed by atoms with Crippen molar-refractivity contribution in [1.82, 2.24) is 4.98 Å². The third-order valence-electron chi connectivity index (χ3n) is 1.30. The van der Waals surface area contributed by atoms with Crippen molar-refractivity contribution in [2.75, 3.05) is 0 Å². The lowest BCUT2D eigenvalue weighted by molar-refractivity contribution is -0.136. The first-order chi connectivity index (χ1) is 5.61. The summed E-state index contributed by atoms with van der Waals surface area (Å²) in [4.78, 5) is 13.8. The van der Waals surface area contributed by atoms with Gasteiger partial charge in [-0.2, -0.15) is 0 Å². The van der Waals surface area contributed by atoms with Crippen LogP contribution in [0.15, 0.2) is 12.3 Å². The minimum Gasteiger partial charge on any atom is -0.504 e. The Morgan fingerprint density at radius 2 is 2.33 bits per heavy atom. The first kappa shape index (κ1) is 8.80. The fourth-order valence-electron chi connectivity index (χ4n) is 0.771. The number of aromatic nitrogens is 1. The maximum atomic E-state index is 10.3. The zero-order valence-corrected chi connectivity index (χ0v) is 6.75. The summed E-state index contributed by atoms with van der Waals surface area (Å²) in [6, 6.07) is 1.41. The van der Waals surface area contributed by atoms with Crippen LogP contribution in [0.25, 0.3) is 0 Å². The second-order valence-corrected chi connectivity index (χ2v) is 2.54. The molecule has 0 aliphatic rings. The van der Waals surface area contributed by atoms with Crippen molar-refractivity contribution in [3.8, 4) is 5.75 Å². The van der Waals surface area contributed by atoms with E-state index in [9.17, 15) is 9.90 Å². The molecule has 1 rings (SSSR count). The number of carboxylic acid groups (broad SMARTS) is 1. The summed E-state index contributed by atoms with van der Waals surface area (Å²) in [5, 5.41) is 17.5. The van der Waals surface area contributed by atoms with E-state index in [1.165, 1.54) is 12.3 Å². The second kappa shape index (κ2) is 3.40. The molecule has 5 heteroatoms. The lowest BCUT2D eigenvalue weighted by Gasteiger charge is -2.00. The van der Waals surface area contributed by atoms with E-state index in [0.29, 0.717) is 0 Å². The van der Waals surface area contributed by atoms with Crippen LogP contribution < -0.4 is 0 Å². The molecule has 0 aromatic carbocycles. The second-order valence-electron chi connectivity index (χ2n) is 2.18. The number of rotatable bonds is 2. The van der Waals surface area contributed by atoms with Gasteiger partial charge in [0, 0.05) is 11.8 Å². The molecule has 0 aliphatic carbocycles. The van der Waals surface area contributed by atoms with Gasteiger partial charge in [0.25, 0.3) is 0 Å². The van der Waals surface area contributed by atoms with Gasteiger partial charge in [-0.3, -0.25) is 4.79 Å². The van der Waals surface area contributed by atoms with Gasteiger partial charge in [0.2, 0.25) is 0 Å². The predicted octanol–water partition coefficient (Wildman–Crippen LogP) is 1.07. The Morgan fingerprint density at radius 1 is 1.67 bits per heavy atom. The van der Waals surface area contributed by atoms with Crippen LogP contribution in [-0.2, 0) is 11.2 Å². The average molecular weight is 188 g/mol. The van der Waals surface area contributed by atoms with Gasteiger partial charge in [-0.05, 0) is 6.07 Å². The van der Waals surface area contributed by atoms with Crippen molar-refractivity contribution < 1.29 is 15.0 Å². The lowest BCUT2D eigenvalue weighted by Crippen LogP contribution is -2.00. The van der Waals surface area contributed by atoms with Gasteiger partial charge in [0.15, 0.2) is 10.9 Å². The van der Waals surface area contributed by atoms with Gasteiger partial charge in [-0.1, -0.05) is 11.6 Å². The molecule has 1 heterocycles. The molecule has 0 fully saturated rings. The van der Waals surface area contributed by atoms with Crippen molar-refractivity contribution >= 4 is 17.6 Å². The molecular weight excluding hydrogens is 182 g/mol. The molecule has 0 saturated heterocycles. The van der Waals surface area contributed by atoms with Gasteiger partial charge in [-0.25, -0.2) is 4.98 Å². The Hall–Kier alpha value is -1.29. The Labute approximate surface area is 73.4 Å². The van der Waals surface area contributed by atoms with Crippen LogP contribution in [0.2, 0.25) is 5.15 Å². The summed E-state index contributed by atoms with van der Waals surface area (Å²) in [6.07, 6.45) is 1.09. The van der Waals surface area contributed by atoms with E-state index in [0.717, 1.165) is 0 Å². The molecule has 0 radical (unpaired) electrons. The van der Waals surface area contributed by atoms with E-state index in [4.69, 9.17) is 16.7 Å². The minimum atomic E-state index is -1.02. The van der Waals surface area contributed by atoms with Crippen LogP contribution in [0.3, 0.4) is 0 Å². The number of carbonyl (C=O) groups is 1. The number of carboxylic acids is 1. The topological polar surface area (TPSA) is 70.4 Å². The SMILES string of the molecule is O=C(O)Cc1ccnc(Cl)c1O. The van der Waals surface area contributed by atoms with Gasteiger partial charge in [0.05, 0.1) is 6.42 Å². The number of aromatic hydroxyl groups is 1. The van der Waals surface area contributed by atoms with Gasteiger partial charge < -0.3 is 10.2 Å². The smallest absolute Gasteiger partial charge is 0.307 e. The zero-order chi connectivity index (χ0) is 9.14. The van der Waals surface area contributed by atoms with Crippen molar-refractivity contribution in [2.24, 2.45) is 0 Å². The number of aliphatic carboxylic acids is 1. The summed E-state index contributed by atoms with van der Waals surface area (Å²) in [6.45, 7) is 0. The van der Waals surface area contributed by atoms with E-state index in [-0.39, 0.29) is 22.9 Å². The molecule has 1 aromatic heterocycles. The van der Waals surface area contributed by atoms with Crippen molar-refractivity contribution in [3.63, 3.8) is 0 Å². The van der Waals surface area contributed by atoms with E-state index in [1.807, 2.05) is 0 Å². The molecule has 0 amide bonds. The van der Waals surface area contributed by atoms with Gasteiger partial charge in [0.1, 0.15) is 0 Å². The molecule has 0 bridgehead atoms. The zero-order valence-electron chi connectivity index (χ0n) is 5.99. The molecule has 0 spiro atoms. The molecule has 0 atom stereocenters. The monoisotopic (exact) mass is 187 g/mol. The number of pyridine rings is 1. The summed E-state index contributed by atoms with van der Waals surface area (Å²) in [5.41, 5.74) is 0.266. The number of halogens is 1. The van der Waals surface area contributed by atoms with Crippen LogP contribution in [0.1, 0.15) is 5.56 Å². The first-order valence-electron chi connectivity index (χ1n) is 3.15. The third kappa shape index (κ3) is 1.85. The van der Waals surface area contributed by atoms with Crippen molar-refractivity contribution in [3.05, 3.63) is 23.0 Å². The molecule has 64 valence electrons. The molecule has 0 unspecified atom stereocenters. The maximum Gasteiger partial charge on any atom is 0.307 e. The molecule has 0 saturated carbocycles. The molecule has 4 nitrogen and oxygen atoms in total. The van der Waals surface area contributed by atoms with Crippen molar-refractivity contribution in [2.45, 2.75) is 6.42 Å². The largest absolute Gasteiger partial charge is 0.504 e. The Bertz CT molecular complexity index is 314. The van der Waals surface area contributed by atoms with E-state index in [2.05, 4.69) is 4.98 Å². The molecule has 12 heavy (non-hydrogen) atoms. The number of hydrogen-bond acceptors (Lipinski definition) is 3. The van der Waals surface area contributed by atoms with E-state index >= 15 is 0 Å². The minimum absolute atomic E-state index is 0.0752. The maximum absolute atomic E-state index is 10.3. The number of nitrogens with zero attached hydrogens (tertiary/aromatic N) is 1. The van der Waals surface area contributed by atoms with Crippen LogP contribution >= 0.6 is 11.6 Å². The van der Waals surface area contributed by atoms with Crippen LogP contribution in [-0.4, -0.2) is 21.2 Å². The standard InChI is InChI=1S/C7H6ClNO3/c8-7-6(12)4(1-2-9-7)3-5(10)11/h1-2,12H,3H2,(H,10,11). The predicted molar refractivity (Wildman–Crippen MR) is 42.3 cm³/mol. The summed E-state index contributed by atoms with van der Waals surface area (Å²) < 4.78 is 0. The summed E-state index contributed by atoms with van der Waals surface area (Å²) in [7, 11) is 0. The van der Waals surface area contributed by atoms with Crippen LogP contribution in [0.4, 0.5) is 0 Å². The number of hydrogen-bond donors (Lipinski definition) is 2. The van der Waals surface area contributed by atoms with Crippen LogP contribution in [0, 0.1) is 0 Å². The first-order valence-corrected chi connectivity index (χ1v) is 3.53. The fraction of sp³-hybridized carbons (Fsp3) is 0.143. The van der Waals surface area contributed by atoms with Gasteiger partial charge >= 0.3 is 5.97 Å². The third-order valence-corrected chi connectivity index (χ3v) is 1.58.